The van der Waals surface area contributed by atoms with E-state index in [1.54, 1.807) is 30.6 Å². The second-order valence-corrected chi connectivity index (χ2v) is 6.96. The van der Waals surface area contributed by atoms with Crippen LogP contribution in [0.4, 0.5) is 18.9 Å². The van der Waals surface area contributed by atoms with Gasteiger partial charge in [-0.05, 0) is 46.8 Å². The molecule has 4 rings (SSSR count). The molecule has 2 heterocycles. The van der Waals surface area contributed by atoms with Gasteiger partial charge in [-0.2, -0.15) is 17.9 Å². The van der Waals surface area contributed by atoms with Crippen molar-refractivity contribution in [1.82, 2.24) is 30.2 Å². The molecule has 152 valence electrons. The topological polar surface area (TPSA) is 98.5 Å². The molecule has 12 heteroatoms. The van der Waals surface area contributed by atoms with Gasteiger partial charge in [-0.1, -0.05) is 17.8 Å². The number of carbonyl (C=O) groups excluding carboxylic acids is 1. The number of thioether (sulfide) groups is 1. The lowest BCUT2D eigenvalue weighted by Crippen LogP contribution is -2.14. The Balaban J connectivity index is 1.44. The van der Waals surface area contributed by atoms with Crippen molar-refractivity contribution in [3.8, 4) is 5.69 Å². The molecule has 0 bridgehead atoms. The fraction of sp³-hybridized carbons (Fsp3) is 0.111. The van der Waals surface area contributed by atoms with E-state index in [0.717, 1.165) is 28.6 Å². The van der Waals surface area contributed by atoms with Crippen molar-refractivity contribution < 1.29 is 18.0 Å². The monoisotopic (exact) mass is 431 g/mol. The minimum absolute atomic E-state index is 0.0438. The highest BCUT2D eigenvalue weighted by atomic mass is 32.2. The zero-order chi connectivity index (χ0) is 21.1. The Labute approximate surface area is 171 Å². The Morgan fingerprint density at radius 2 is 1.87 bits per heavy atom. The summed E-state index contributed by atoms with van der Waals surface area (Å²) in [4.78, 5) is 20.6. The first-order valence-corrected chi connectivity index (χ1v) is 9.48. The van der Waals surface area contributed by atoms with Gasteiger partial charge in [0.15, 0.2) is 0 Å². The number of hydrogen-bond acceptors (Lipinski definition) is 7. The van der Waals surface area contributed by atoms with Crippen LogP contribution in [0.3, 0.4) is 0 Å². The van der Waals surface area contributed by atoms with E-state index in [9.17, 15) is 18.0 Å². The second kappa shape index (κ2) is 8.06. The Morgan fingerprint density at radius 3 is 2.67 bits per heavy atom. The van der Waals surface area contributed by atoms with Crippen molar-refractivity contribution in [3.05, 3.63) is 60.4 Å². The maximum atomic E-state index is 12.9. The van der Waals surface area contributed by atoms with Gasteiger partial charge in [0, 0.05) is 18.1 Å². The molecular weight excluding hydrogens is 419 g/mol. The summed E-state index contributed by atoms with van der Waals surface area (Å²) in [6.07, 6.45) is -1.36. The second-order valence-electron chi connectivity index (χ2n) is 6.02. The predicted octanol–water partition coefficient (Wildman–Crippen LogP) is 3.36. The third kappa shape index (κ3) is 4.38. The van der Waals surface area contributed by atoms with Crippen LogP contribution in [0.25, 0.3) is 16.7 Å². The van der Waals surface area contributed by atoms with E-state index in [1.807, 2.05) is 0 Å². The first kappa shape index (κ1) is 19.8. The summed E-state index contributed by atoms with van der Waals surface area (Å²) >= 11 is 0.998. The standard InChI is InChI=1S/C18H12F3N7OS/c19-18(20,21)11-2-1-3-13(8-11)28-17(25-26-27-28)30-10-16(29)24-12-4-5-14-15(9-12)23-7-6-22-14/h1-9H,10H2,(H,24,29). The zero-order valence-corrected chi connectivity index (χ0v) is 15.9. The number of fused-ring (bicyclic) bond motifs is 1. The number of nitrogens with one attached hydrogen (secondary N) is 1. The van der Waals surface area contributed by atoms with Gasteiger partial charge in [0.25, 0.3) is 0 Å². The fourth-order valence-corrected chi connectivity index (χ4v) is 3.30. The van der Waals surface area contributed by atoms with E-state index in [-0.39, 0.29) is 22.5 Å². The van der Waals surface area contributed by atoms with Crippen molar-refractivity contribution >= 4 is 34.4 Å². The van der Waals surface area contributed by atoms with Gasteiger partial charge in [-0.3, -0.25) is 14.8 Å². The lowest BCUT2D eigenvalue weighted by atomic mass is 10.2. The molecule has 2 aromatic carbocycles. The number of halogens is 3. The summed E-state index contributed by atoms with van der Waals surface area (Å²) in [5.41, 5.74) is 1.21. The molecule has 1 amide bonds. The Hall–Kier alpha value is -3.54. The highest BCUT2D eigenvalue weighted by molar-refractivity contribution is 7.99. The van der Waals surface area contributed by atoms with Gasteiger partial charge in [-0.25, -0.2) is 0 Å². The molecule has 0 aliphatic carbocycles. The van der Waals surface area contributed by atoms with Crippen LogP contribution < -0.4 is 5.32 Å². The largest absolute Gasteiger partial charge is 0.416 e. The third-order valence-corrected chi connectivity index (χ3v) is 4.86. The van der Waals surface area contributed by atoms with Crippen LogP contribution in [0.5, 0.6) is 0 Å². The molecule has 0 radical (unpaired) electrons. The van der Waals surface area contributed by atoms with Crippen molar-refractivity contribution in [2.24, 2.45) is 0 Å². The maximum absolute atomic E-state index is 12.9. The van der Waals surface area contributed by atoms with Crippen molar-refractivity contribution in [1.29, 1.82) is 0 Å². The molecule has 0 unspecified atom stereocenters. The quantitative estimate of drug-likeness (QED) is 0.484. The van der Waals surface area contributed by atoms with Gasteiger partial charge < -0.3 is 5.32 Å². The number of amides is 1. The number of anilines is 1. The maximum Gasteiger partial charge on any atom is 0.416 e. The molecule has 0 spiro atoms. The van der Waals surface area contributed by atoms with E-state index < -0.39 is 11.7 Å². The van der Waals surface area contributed by atoms with Gasteiger partial charge in [0.1, 0.15) is 0 Å². The van der Waals surface area contributed by atoms with Gasteiger partial charge in [0.2, 0.25) is 11.1 Å². The van der Waals surface area contributed by atoms with Crippen LogP contribution in [0.1, 0.15) is 5.56 Å². The number of benzene rings is 2. The Kier molecular flexibility index (Phi) is 5.31. The van der Waals surface area contributed by atoms with Crippen molar-refractivity contribution in [3.63, 3.8) is 0 Å². The SMILES string of the molecule is O=C(CSc1nnnn1-c1cccc(C(F)(F)F)c1)Nc1ccc2nccnc2c1. The smallest absolute Gasteiger partial charge is 0.325 e. The first-order chi connectivity index (χ1) is 14.4. The summed E-state index contributed by atoms with van der Waals surface area (Å²) in [5, 5.41) is 13.9. The number of alkyl halides is 3. The molecule has 2 aromatic heterocycles. The number of nitrogens with zero attached hydrogens (tertiary/aromatic N) is 6. The number of aromatic nitrogens is 6. The summed E-state index contributed by atoms with van der Waals surface area (Å²) in [5.74, 6) is -0.375. The normalized spacial score (nSPS) is 11.6. The van der Waals surface area contributed by atoms with Crippen LogP contribution >= 0.6 is 11.8 Å². The summed E-state index contributed by atoms with van der Waals surface area (Å²) in [6.45, 7) is 0. The van der Waals surface area contributed by atoms with Crippen LogP contribution in [0.15, 0.2) is 60.0 Å². The van der Waals surface area contributed by atoms with Crippen LogP contribution in [-0.2, 0) is 11.0 Å². The predicted molar refractivity (Wildman–Crippen MR) is 103 cm³/mol. The van der Waals surface area contributed by atoms with E-state index in [0.29, 0.717) is 16.7 Å². The lowest BCUT2D eigenvalue weighted by Gasteiger charge is -2.09. The zero-order valence-electron chi connectivity index (χ0n) is 15.0. The lowest BCUT2D eigenvalue weighted by molar-refractivity contribution is -0.137. The molecule has 0 saturated heterocycles. The number of hydrogen-bond donors (Lipinski definition) is 1. The van der Waals surface area contributed by atoms with Crippen molar-refractivity contribution in [2.45, 2.75) is 11.3 Å². The summed E-state index contributed by atoms with van der Waals surface area (Å²) < 4.78 is 40.0. The summed E-state index contributed by atoms with van der Waals surface area (Å²) in [6, 6.07) is 9.75. The molecule has 0 saturated carbocycles. The molecule has 1 N–H and O–H groups in total. The first-order valence-electron chi connectivity index (χ1n) is 8.49. The molecule has 0 aliphatic heterocycles. The third-order valence-electron chi connectivity index (χ3n) is 3.94. The molecule has 0 fully saturated rings. The van der Waals surface area contributed by atoms with E-state index in [4.69, 9.17) is 0 Å². The fourth-order valence-electron chi connectivity index (χ4n) is 2.61. The minimum atomic E-state index is -4.48. The molecule has 30 heavy (non-hydrogen) atoms. The minimum Gasteiger partial charge on any atom is -0.325 e. The average Bonchev–Trinajstić information content (AvgIpc) is 3.20. The summed E-state index contributed by atoms with van der Waals surface area (Å²) in [7, 11) is 0. The molecule has 8 nitrogen and oxygen atoms in total. The average molecular weight is 431 g/mol. The Morgan fingerprint density at radius 1 is 1.07 bits per heavy atom. The van der Waals surface area contributed by atoms with Gasteiger partial charge >= 0.3 is 6.18 Å². The Bertz CT molecular complexity index is 1210. The molecular formula is C18H12F3N7OS. The van der Waals surface area contributed by atoms with Crippen LogP contribution in [-0.4, -0.2) is 41.8 Å². The number of tetrazole rings is 1. The van der Waals surface area contributed by atoms with E-state index in [1.165, 1.54) is 12.1 Å². The highest BCUT2D eigenvalue weighted by Gasteiger charge is 2.30. The van der Waals surface area contributed by atoms with Crippen LogP contribution in [0, 0.1) is 0 Å². The number of carbonyl (C=O) groups is 1. The van der Waals surface area contributed by atoms with E-state index >= 15 is 0 Å². The van der Waals surface area contributed by atoms with Crippen LogP contribution in [0.2, 0.25) is 0 Å². The van der Waals surface area contributed by atoms with Gasteiger partial charge in [-0.15, -0.1) is 5.10 Å². The highest BCUT2D eigenvalue weighted by Crippen LogP contribution is 2.30. The molecule has 0 aliphatic rings. The van der Waals surface area contributed by atoms with E-state index in [2.05, 4.69) is 30.8 Å². The van der Waals surface area contributed by atoms with Gasteiger partial charge in [0.05, 0.1) is 28.0 Å². The molecule has 4 aromatic rings. The number of rotatable bonds is 5. The van der Waals surface area contributed by atoms with Crippen molar-refractivity contribution in [2.75, 3.05) is 11.1 Å². The molecule has 0 atom stereocenters.